The van der Waals surface area contributed by atoms with Gasteiger partial charge in [-0.05, 0) is 37.5 Å². The summed E-state index contributed by atoms with van der Waals surface area (Å²) < 4.78 is 34.4. The van der Waals surface area contributed by atoms with E-state index >= 15 is 0 Å². The molecule has 9 heteroatoms. The zero-order chi connectivity index (χ0) is 25.5. The number of rotatable bonds is 8. The summed E-state index contributed by atoms with van der Waals surface area (Å²) in [5.74, 6) is -0.451. The van der Waals surface area contributed by atoms with Crippen LogP contribution < -0.4 is 15.4 Å². The third-order valence-electron chi connectivity index (χ3n) is 6.30. The van der Waals surface area contributed by atoms with Crippen LogP contribution in [0.4, 0.5) is 10.5 Å². The van der Waals surface area contributed by atoms with E-state index in [0.717, 1.165) is 37.7 Å². The van der Waals surface area contributed by atoms with Gasteiger partial charge in [-0.1, -0.05) is 73.9 Å². The molecule has 2 amide bonds. The molecule has 8 nitrogen and oxygen atoms in total. The fourth-order valence-electron chi connectivity index (χ4n) is 4.38. The number of carbonyl (C=O) groups excluding carboxylic acids is 2. The third-order valence-corrected chi connectivity index (χ3v) is 7.88. The largest absolute Gasteiger partial charge is 0.445 e. The van der Waals surface area contributed by atoms with Crippen LogP contribution in [0, 0.1) is 0 Å². The molecule has 1 atom stereocenters. The third kappa shape index (κ3) is 6.41. The Morgan fingerprint density at radius 2 is 1.61 bits per heavy atom. The smallest absolute Gasteiger partial charge is 0.408 e. The Hall–Kier alpha value is -3.43. The maximum Gasteiger partial charge on any atom is 0.408 e. The first-order valence-electron chi connectivity index (χ1n) is 12.2. The molecule has 1 saturated carbocycles. The summed E-state index contributed by atoms with van der Waals surface area (Å²) in [4.78, 5) is 25.1. The molecule has 0 radical (unpaired) electrons. The second-order valence-corrected chi connectivity index (χ2v) is 10.7. The number of amides is 2. The predicted molar refractivity (Wildman–Crippen MR) is 139 cm³/mol. The molecule has 1 fully saturated rings. The molecular formula is C27H31N3O5S. The SMILES string of the molecule is CC(NC(=O)OCc1ccccc1)C(=O)Nc1cccc2c(S(=O)(=O)NC3CCCCC3)cccc12. The van der Waals surface area contributed by atoms with Crippen molar-refractivity contribution in [3.8, 4) is 0 Å². The second-order valence-electron chi connectivity index (χ2n) is 9.03. The number of hydrogen-bond acceptors (Lipinski definition) is 5. The van der Waals surface area contributed by atoms with E-state index in [1.54, 1.807) is 43.3 Å². The highest BCUT2D eigenvalue weighted by Crippen LogP contribution is 2.30. The molecule has 3 N–H and O–H groups in total. The number of ether oxygens (including phenoxy) is 1. The first-order valence-corrected chi connectivity index (χ1v) is 13.6. The topological polar surface area (TPSA) is 114 Å². The minimum absolute atomic E-state index is 0.0598. The van der Waals surface area contributed by atoms with Crippen molar-refractivity contribution in [1.29, 1.82) is 0 Å². The van der Waals surface area contributed by atoms with Crippen molar-refractivity contribution in [2.24, 2.45) is 0 Å². The van der Waals surface area contributed by atoms with Crippen LogP contribution >= 0.6 is 0 Å². The van der Waals surface area contributed by atoms with Gasteiger partial charge in [-0.3, -0.25) is 4.79 Å². The lowest BCUT2D eigenvalue weighted by molar-refractivity contribution is -0.117. The molecule has 4 rings (SSSR count). The molecule has 3 aromatic rings. The van der Waals surface area contributed by atoms with E-state index in [1.807, 2.05) is 30.3 Å². The summed E-state index contributed by atoms with van der Waals surface area (Å²) in [6.07, 6.45) is 4.14. The number of hydrogen-bond donors (Lipinski definition) is 3. The van der Waals surface area contributed by atoms with Crippen molar-refractivity contribution < 1.29 is 22.7 Å². The maximum absolute atomic E-state index is 13.2. The standard InChI is InChI=1S/C27H31N3O5S/c1-19(28-27(32)35-18-20-10-4-2-5-11-20)26(31)29-24-16-8-15-23-22(24)14-9-17-25(23)36(33,34)30-21-12-6-3-7-13-21/h2,4-5,8-11,14-17,19,21,30H,3,6-7,12-13,18H2,1H3,(H,28,32)(H,29,31). The molecule has 3 aromatic carbocycles. The van der Waals surface area contributed by atoms with Crippen LogP contribution in [0.5, 0.6) is 0 Å². The van der Waals surface area contributed by atoms with Crippen molar-refractivity contribution in [2.45, 2.75) is 62.6 Å². The number of alkyl carbamates (subject to hydrolysis) is 1. The van der Waals surface area contributed by atoms with E-state index in [9.17, 15) is 18.0 Å². The quantitative estimate of drug-likeness (QED) is 0.407. The lowest BCUT2D eigenvalue weighted by atomic mass is 9.96. The van der Waals surface area contributed by atoms with Crippen molar-refractivity contribution in [3.63, 3.8) is 0 Å². The van der Waals surface area contributed by atoms with Gasteiger partial charge in [0, 0.05) is 22.5 Å². The van der Waals surface area contributed by atoms with Crippen molar-refractivity contribution in [1.82, 2.24) is 10.0 Å². The van der Waals surface area contributed by atoms with Gasteiger partial charge in [-0.2, -0.15) is 0 Å². The molecule has 1 unspecified atom stereocenters. The molecular weight excluding hydrogens is 478 g/mol. The fraction of sp³-hybridized carbons (Fsp3) is 0.333. The number of sulfonamides is 1. The van der Waals surface area contributed by atoms with E-state index in [0.29, 0.717) is 16.5 Å². The van der Waals surface area contributed by atoms with Gasteiger partial charge < -0.3 is 15.4 Å². The lowest BCUT2D eigenvalue weighted by Crippen LogP contribution is -2.41. The van der Waals surface area contributed by atoms with Crippen LogP contribution in [0.15, 0.2) is 71.6 Å². The molecule has 0 heterocycles. The molecule has 1 aliphatic rings. The molecule has 0 aromatic heterocycles. The minimum Gasteiger partial charge on any atom is -0.445 e. The normalized spacial score (nSPS) is 15.2. The highest BCUT2D eigenvalue weighted by molar-refractivity contribution is 7.89. The Morgan fingerprint density at radius 3 is 2.36 bits per heavy atom. The van der Waals surface area contributed by atoms with E-state index in [2.05, 4.69) is 15.4 Å². The van der Waals surface area contributed by atoms with Crippen molar-refractivity contribution in [2.75, 3.05) is 5.32 Å². The second kappa shape index (κ2) is 11.5. The highest BCUT2D eigenvalue weighted by Gasteiger charge is 2.24. The zero-order valence-electron chi connectivity index (χ0n) is 20.2. The summed E-state index contributed by atoms with van der Waals surface area (Å²) in [5.41, 5.74) is 1.29. The van der Waals surface area contributed by atoms with E-state index in [1.165, 1.54) is 0 Å². The summed E-state index contributed by atoms with van der Waals surface area (Å²) in [7, 11) is -3.73. The maximum atomic E-state index is 13.2. The Kier molecular flexibility index (Phi) is 8.22. The molecule has 0 aliphatic heterocycles. The van der Waals surface area contributed by atoms with Gasteiger partial charge in [-0.15, -0.1) is 0 Å². The predicted octanol–water partition coefficient (Wildman–Crippen LogP) is 4.70. The van der Waals surface area contributed by atoms with Gasteiger partial charge >= 0.3 is 6.09 Å². The number of carbonyl (C=O) groups is 2. The molecule has 190 valence electrons. The van der Waals surface area contributed by atoms with Crippen LogP contribution in [0.25, 0.3) is 10.8 Å². The minimum atomic E-state index is -3.73. The Labute approximate surface area is 211 Å². The molecule has 36 heavy (non-hydrogen) atoms. The lowest BCUT2D eigenvalue weighted by Gasteiger charge is -2.23. The Bertz CT molecular complexity index is 1320. The van der Waals surface area contributed by atoms with Crippen molar-refractivity contribution >= 4 is 38.5 Å². The highest BCUT2D eigenvalue weighted by atomic mass is 32.2. The average molecular weight is 510 g/mol. The van der Waals surface area contributed by atoms with Gasteiger partial charge in [0.15, 0.2) is 0 Å². The zero-order valence-corrected chi connectivity index (χ0v) is 21.0. The first-order chi connectivity index (χ1) is 17.3. The van der Waals surface area contributed by atoms with Gasteiger partial charge in [0.2, 0.25) is 15.9 Å². The van der Waals surface area contributed by atoms with Gasteiger partial charge in [0.05, 0.1) is 4.90 Å². The summed E-state index contributed by atoms with van der Waals surface area (Å²) >= 11 is 0. The molecule has 1 aliphatic carbocycles. The fourth-order valence-corrected chi connectivity index (χ4v) is 5.90. The Morgan fingerprint density at radius 1 is 0.917 bits per heavy atom. The Balaban J connectivity index is 1.44. The van der Waals surface area contributed by atoms with Crippen molar-refractivity contribution in [3.05, 3.63) is 72.3 Å². The van der Waals surface area contributed by atoms with Crippen LogP contribution in [0.2, 0.25) is 0 Å². The molecule has 0 spiro atoms. The van der Waals surface area contributed by atoms with Crippen LogP contribution in [0.1, 0.15) is 44.6 Å². The first kappa shape index (κ1) is 25.7. The van der Waals surface area contributed by atoms with Gasteiger partial charge in [0.25, 0.3) is 0 Å². The number of nitrogens with one attached hydrogen (secondary N) is 3. The molecule has 0 saturated heterocycles. The van der Waals surface area contributed by atoms with Crippen LogP contribution in [-0.2, 0) is 26.2 Å². The van der Waals surface area contributed by atoms with Crippen LogP contribution in [-0.4, -0.2) is 32.5 Å². The van der Waals surface area contributed by atoms with Crippen LogP contribution in [0.3, 0.4) is 0 Å². The number of fused-ring (bicyclic) bond motifs is 1. The monoisotopic (exact) mass is 509 g/mol. The van der Waals surface area contributed by atoms with E-state index in [-0.39, 0.29) is 17.5 Å². The van der Waals surface area contributed by atoms with E-state index < -0.39 is 28.1 Å². The van der Waals surface area contributed by atoms with Gasteiger partial charge in [-0.25, -0.2) is 17.9 Å². The molecule has 0 bridgehead atoms. The van der Waals surface area contributed by atoms with E-state index in [4.69, 9.17) is 4.74 Å². The summed E-state index contributed by atoms with van der Waals surface area (Å²) in [6.45, 7) is 1.64. The summed E-state index contributed by atoms with van der Waals surface area (Å²) in [5, 5.41) is 6.43. The number of anilines is 1. The average Bonchev–Trinajstić information content (AvgIpc) is 2.88. The number of benzene rings is 3. The summed E-state index contributed by atoms with van der Waals surface area (Å²) in [6, 6.07) is 18.4. The van der Waals surface area contributed by atoms with Gasteiger partial charge in [0.1, 0.15) is 12.6 Å².